The number of carbonyl (C=O) groups excluding carboxylic acids is 1. The number of benzene rings is 2. The van der Waals surface area contributed by atoms with E-state index in [1.807, 2.05) is 60.7 Å². The van der Waals surface area contributed by atoms with Crippen molar-refractivity contribution in [1.82, 2.24) is 14.5 Å². The fourth-order valence-electron chi connectivity index (χ4n) is 2.59. The summed E-state index contributed by atoms with van der Waals surface area (Å²) >= 11 is 0. The molecule has 0 atom stereocenters. The minimum atomic E-state index is -0.158. The highest BCUT2D eigenvalue weighted by Gasteiger charge is 2.20. The molecular formula is C19H19N3O2. The van der Waals surface area contributed by atoms with E-state index in [4.69, 9.17) is 0 Å². The summed E-state index contributed by atoms with van der Waals surface area (Å²) in [4.78, 5) is 18.7. The maximum absolute atomic E-state index is 12.9. The monoisotopic (exact) mass is 321 g/mol. The van der Waals surface area contributed by atoms with Gasteiger partial charge in [-0.1, -0.05) is 48.5 Å². The third kappa shape index (κ3) is 3.52. The van der Waals surface area contributed by atoms with Gasteiger partial charge in [-0.3, -0.25) is 9.36 Å². The van der Waals surface area contributed by atoms with Gasteiger partial charge in [-0.2, -0.15) is 0 Å². The van der Waals surface area contributed by atoms with Crippen LogP contribution < -0.4 is 0 Å². The SMILES string of the molecule is O=C(c1cncn1-c1ccccc1)N(CCO)Cc1ccccc1. The number of imidazole rings is 1. The number of nitrogens with zero attached hydrogens (tertiary/aromatic N) is 3. The van der Waals surface area contributed by atoms with Crippen molar-refractivity contribution >= 4 is 5.91 Å². The molecule has 0 spiro atoms. The molecule has 24 heavy (non-hydrogen) atoms. The van der Waals surface area contributed by atoms with E-state index in [1.165, 1.54) is 0 Å². The highest BCUT2D eigenvalue weighted by atomic mass is 16.3. The lowest BCUT2D eigenvalue weighted by Gasteiger charge is -2.22. The van der Waals surface area contributed by atoms with Crippen molar-refractivity contribution in [2.24, 2.45) is 0 Å². The Balaban J connectivity index is 1.87. The number of aliphatic hydroxyl groups excluding tert-OH is 1. The summed E-state index contributed by atoms with van der Waals surface area (Å²) in [6.45, 7) is 0.631. The number of para-hydroxylation sites is 1. The van der Waals surface area contributed by atoms with Gasteiger partial charge in [0, 0.05) is 18.8 Å². The van der Waals surface area contributed by atoms with Crippen LogP contribution in [0.5, 0.6) is 0 Å². The van der Waals surface area contributed by atoms with Gasteiger partial charge in [-0.25, -0.2) is 4.98 Å². The molecular weight excluding hydrogens is 302 g/mol. The predicted octanol–water partition coefficient (Wildman–Crippen LogP) is 2.51. The summed E-state index contributed by atoms with van der Waals surface area (Å²) in [5, 5.41) is 9.33. The lowest BCUT2D eigenvalue weighted by atomic mass is 10.2. The molecule has 0 bridgehead atoms. The number of carbonyl (C=O) groups is 1. The van der Waals surface area contributed by atoms with Crippen LogP contribution in [0.3, 0.4) is 0 Å². The smallest absolute Gasteiger partial charge is 0.272 e. The number of hydrogen-bond donors (Lipinski definition) is 1. The van der Waals surface area contributed by atoms with Crippen molar-refractivity contribution in [3.8, 4) is 5.69 Å². The molecule has 0 fully saturated rings. The second kappa shape index (κ2) is 7.57. The third-order valence-electron chi connectivity index (χ3n) is 3.77. The Labute approximate surface area is 140 Å². The minimum Gasteiger partial charge on any atom is -0.395 e. The molecule has 1 aromatic heterocycles. The first kappa shape index (κ1) is 16.0. The first-order chi connectivity index (χ1) is 11.8. The number of amides is 1. The van der Waals surface area contributed by atoms with Gasteiger partial charge in [0.2, 0.25) is 0 Å². The molecule has 2 aromatic carbocycles. The van der Waals surface area contributed by atoms with Crippen molar-refractivity contribution < 1.29 is 9.90 Å². The Morgan fingerprint density at radius 2 is 1.71 bits per heavy atom. The summed E-state index contributed by atoms with van der Waals surface area (Å²) in [5.74, 6) is -0.158. The van der Waals surface area contributed by atoms with E-state index in [2.05, 4.69) is 4.98 Å². The van der Waals surface area contributed by atoms with E-state index in [9.17, 15) is 9.90 Å². The highest BCUT2D eigenvalue weighted by molar-refractivity contribution is 5.93. The Bertz CT molecular complexity index is 785. The van der Waals surface area contributed by atoms with Gasteiger partial charge in [-0.15, -0.1) is 0 Å². The van der Waals surface area contributed by atoms with Crippen LogP contribution in [0, 0.1) is 0 Å². The van der Waals surface area contributed by atoms with Crippen molar-refractivity contribution in [3.05, 3.63) is 84.4 Å². The zero-order chi connectivity index (χ0) is 16.8. The van der Waals surface area contributed by atoms with Gasteiger partial charge >= 0.3 is 0 Å². The number of hydrogen-bond acceptors (Lipinski definition) is 3. The van der Waals surface area contributed by atoms with Crippen molar-refractivity contribution in [3.63, 3.8) is 0 Å². The van der Waals surface area contributed by atoms with Crippen molar-refractivity contribution in [2.75, 3.05) is 13.2 Å². The van der Waals surface area contributed by atoms with Crippen LogP contribution in [0.25, 0.3) is 5.69 Å². The summed E-state index contributed by atoms with van der Waals surface area (Å²) in [7, 11) is 0. The average Bonchev–Trinajstić information content (AvgIpc) is 3.12. The molecule has 3 aromatic rings. The average molecular weight is 321 g/mol. The molecule has 0 unspecified atom stereocenters. The van der Waals surface area contributed by atoms with Crippen molar-refractivity contribution in [1.29, 1.82) is 0 Å². The molecule has 0 aliphatic carbocycles. The normalized spacial score (nSPS) is 10.5. The molecule has 0 saturated heterocycles. The van der Waals surface area contributed by atoms with E-state index < -0.39 is 0 Å². The molecule has 0 radical (unpaired) electrons. The molecule has 122 valence electrons. The summed E-state index contributed by atoms with van der Waals surface area (Å²) in [6.07, 6.45) is 3.19. The maximum atomic E-state index is 12.9. The van der Waals surface area contributed by atoms with E-state index in [-0.39, 0.29) is 19.1 Å². The molecule has 1 N–H and O–H groups in total. The summed E-state index contributed by atoms with van der Waals surface area (Å²) in [6, 6.07) is 19.3. The zero-order valence-electron chi connectivity index (χ0n) is 13.2. The molecule has 0 saturated carbocycles. The molecule has 0 aliphatic heterocycles. The van der Waals surface area contributed by atoms with Crippen LogP contribution in [0.1, 0.15) is 16.1 Å². The summed E-state index contributed by atoms with van der Waals surface area (Å²) in [5.41, 5.74) is 2.37. The van der Waals surface area contributed by atoms with Gasteiger partial charge in [0.05, 0.1) is 19.1 Å². The van der Waals surface area contributed by atoms with Crippen LogP contribution >= 0.6 is 0 Å². The lowest BCUT2D eigenvalue weighted by molar-refractivity contribution is 0.0699. The van der Waals surface area contributed by atoms with E-state index >= 15 is 0 Å². The van der Waals surface area contributed by atoms with E-state index in [0.29, 0.717) is 12.2 Å². The highest BCUT2D eigenvalue weighted by Crippen LogP contribution is 2.14. The molecule has 5 nitrogen and oxygen atoms in total. The van der Waals surface area contributed by atoms with Crippen LogP contribution in [0.2, 0.25) is 0 Å². The van der Waals surface area contributed by atoms with Gasteiger partial charge < -0.3 is 10.0 Å². The molecule has 0 aliphatic rings. The maximum Gasteiger partial charge on any atom is 0.272 e. The number of aromatic nitrogens is 2. The zero-order valence-corrected chi connectivity index (χ0v) is 13.2. The van der Waals surface area contributed by atoms with Gasteiger partial charge in [-0.05, 0) is 17.7 Å². The lowest BCUT2D eigenvalue weighted by Crippen LogP contribution is -2.34. The second-order valence-electron chi connectivity index (χ2n) is 5.42. The van der Waals surface area contributed by atoms with Gasteiger partial charge in [0.1, 0.15) is 5.69 Å². The molecule has 5 heteroatoms. The Hall–Kier alpha value is -2.92. The number of rotatable bonds is 6. The van der Waals surface area contributed by atoms with Gasteiger partial charge in [0.15, 0.2) is 0 Å². The van der Waals surface area contributed by atoms with Crippen LogP contribution in [0.15, 0.2) is 73.2 Å². The Morgan fingerprint density at radius 3 is 2.38 bits per heavy atom. The Kier molecular flexibility index (Phi) is 5.03. The topological polar surface area (TPSA) is 58.4 Å². The Morgan fingerprint density at radius 1 is 1.04 bits per heavy atom. The number of aliphatic hydroxyl groups is 1. The van der Waals surface area contributed by atoms with E-state index in [1.54, 1.807) is 22.0 Å². The fraction of sp³-hybridized carbons (Fsp3) is 0.158. The van der Waals surface area contributed by atoms with Crippen LogP contribution in [-0.4, -0.2) is 38.6 Å². The largest absolute Gasteiger partial charge is 0.395 e. The second-order valence-corrected chi connectivity index (χ2v) is 5.42. The van der Waals surface area contributed by atoms with Crippen LogP contribution in [0.4, 0.5) is 0 Å². The summed E-state index contributed by atoms with van der Waals surface area (Å²) < 4.78 is 1.76. The van der Waals surface area contributed by atoms with E-state index in [0.717, 1.165) is 11.3 Å². The van der Waals surface area contributed by atoms with Crippen molar-refractivity contribution in [2.45, 2.75) is 6.54 Å². The fourth-order valence-corrected chi connectivity index (χ4v) is 2.59. The van der Waals surface area contributed by atoms with Crippen LogP contribution in [-0.2, 0) is 6.54 Å². The predicted molar refractivity (Wildman–Crippen MR) is 91.8 cm³/mol. The first-order valence-electron chi connectivity index (χ1n) is 7.81. The first-order valence-corrected chi connectivity index (χ1v) is 7.81. The standard InChI is InChI=1S/C19H19N3O2/c23-12-11-21(14-16-7-3-1-4-8-16)19(24)18-13-20-15-22(18)17-9-5-2-6-10-17/h1-10,13,15,23H,11-12,14H2. The third-order valence-corrected chi connectivity index (χ3v) is 3.77. The minimum absolute atomic E-state index is 0.0853. The quantitative estimate of drug-likeness (QED) is 0.759. The molecule has 3 rings (SSSR count). The van der Waals surface area contributed by atoms with Gasteiger partial charge in [0.25, 0.3) is 5.91 Å². The molecule has 1 heterocycles. The molecule has 1 amide bonds.